The van der Waals surface area contributed by atoms with E-state index in [1.54, 1.807) is 28.4 Å². The lowest BCUT2D eigenvalue weighted by atomic mass is 10.1. The van der Waals surface area contributed by atoms with Crippen LogP contribution in [-0.2, 0) is 6.42 Å². The third-order valence-electron chi connectivity index (χ3n) is 6.27. The zero-order valence-corrected chi connectivity index (χ0v) is 18.1. The highest BCUT2D eigenvalue weighted by atomic mass is 16.5. The van der Waals surface area contributed by atoms with Crippen LogP contribution in [0.1, 0.15) is 17.2 Å². The van der Waals surface area contributed by atoms with Crippen LogP contribution in [0.3, 0.4) is 0 Å². The Morgan fingerprint density at radius 1 is 0.833 bits per heavy atom. The van der Waals surface area contributed by atoms with Crippen LogP contribution in [-0.4, -0.2) is 70.7 Å². The summed E-state index contributed by atoms with van der Waals surface area (Å²) in [5.41, 5.74) is 2.98. The van der Waals surface area contributed by atoms with E-state index < -0.39 is 6.10 Å². The number of methoxy groups -OCH3 is 4. The van der Waals surface area contributed by atoms with Gasteiger partial charge in [-0.25, -0.2) is 0 Å². The van der Waals surface area contributed by atoms with Crippen molar-refractivity contribution in [1.29, 1.82) is 0 Å². The maximum Gasteiger partial charge on any atom is 0.203 e. The van der Waals surface area contributed by atoms with Crippen LogP contribution >= 0.6 is 0 Å². The van der Waals surface area contributed by atoms with Crippen molar-refractivity contribution in [2.75, 3.05) is 59.5 Å². The third-order valence-corrected chi connectivity index (χ3v) is 6.27. The monoisotopic (exact) mass is 414 g/mol. The molecule has 2 aliphatic rings. The van der Waals surface area contributed by atoms with Crippen LogP contribution in [0, 0.1) is 0 Å². The molecule has 1 fully saturated rings. The Bertz CT molecular complexity index is 895. The minimum absolute atomic E-state index is 0.00512. The summed E-state index contributed by atoms with van der Waals surface area (Å²) in [6.45, 7) is 3.49. The Labute approximate surface area is 177 Å². The van der Waals surface area contributed by atoms with E-state index >= 15 is 0 Å². The quantitative estimate of drug-likeness (QED) is 0.779. The lowest BCUT2D eigenvalue weighted by molar-refractivity contribution is 0.0570. The number of anilines is 1. The molecule has 162 valence electrons. The van der Waals surface area contributed by atoms with Crippen LogP contribution < -0.4 is 23.8 Å². The molecule has 1 N–H and O–H groups in total. The van der Waals surface area contributed by atoms with E-state index in [-0.39, 0.29) is 6.04 Å². The summed E-state index contributed by atoms with van der Waals surface area (Å²) in [6.07, 6.45) is 0.126. The normalized spacial score (nSPS) is 21.3. The second-order valence-electron chi connectivity index (χ2n) is 7.62. The lowest BCUT2D eigenvalue weighted by Gasteiger charge is -2.40. The summed E-state index contributed by atoms with van der Waals surface area (Å²) >= 11 is 0. The van der Waals surface area contributed by atoms with Gasteiger partial charge in [-0.05, 0) is 30.2 Å². The summed E-state index contributed by atoms with van der Waals surface area (Å²) in [7, 11) is 6.53. The Balaban J connectivity index is 1.52. The van der Waals surface area contributed by atoms with Crippen LogP contribution in [0.2, 0.25) is 0 Å². The Kier molecular flexibility index (Phi) is 5.92. The first-order valence-corrected chi connectivity index (χ1v) is 10.2. The van der Waals surface area contributed by atoms with E-state index in [2.05, 4.69) is 15.9 Å². The SMILES string of the molecule is COc1ccccc1N1CCN(C2Cc3c(cc(OC)c(OC)c3OC)C2O)CC1. The Morgan fingerprint density at radius 2 is 1.50 bits per heavy atom. The molecule has 7 heteroatoms. The minimum Gasteiger partial charge on any atom is -0.495 e. The van der Waals surface area contributed by atoms with Gasteiger partial charge in [0, 0.05) is 37.8 Å². The van der Waals surface area contributed by atoms with E-state index in [4.69, 9.17) is 18.9 Å². The molecule has 2 unspecified atom stereocenters. The van der Waals surface area contributed by atoms with Crippen molar-refractivity contribution in [2.24, 2.45) is 0 Å². The van der Waals surface area contributed by atoms with Crippen LogP contribution in [0.25, 0.3) is 0 Å². The number of piperazine rings is 1. The lowest BCUT2D eigenvalue weighted by Crippen LogP contribution is -2.51. The first-order valence-electron chi connectivity index (χ1n) is 10.2. The fraction of sp³-hybridized carbons (Fsp3) is 0.478. The van der Waals surface area contributed by atoms with Gasteiger partial charge in [-0.15, -0.1) is 0 Å². The predicted molar refractivity (Wildman–Crippen MR) is 115 cm³/mol. The van der Waals surface area contributed by atoms with Crippen LogP contribution in [0.15, 0.2) is 30.3 Å². The van der Waals surface area contributed by atoms with Crippen molar-refractivity contribution in [3.63, 3.8) is 0 Å². The van der Waals surface area contributed by atoms with Crippen molar-refractivity contribution < 1.29 is 24.1 Å². The number of aliphatic hydroxyl groups is 1. The second-order valence-corrected chi connectivity index (χ2v) is 7.62. The van der Waals surface area contributed by atoms with Gasteiger partial charge in [0.15, 0.2) is 11.5 Å². The van der Waals surface area contributed by atoms with Gasteiger partial charge in [-0.3, -0.25) is 4.90 Å². The van der Waals surface area contributed by atoms with Gasteiger partial charge >= 0.3 is 0 Å². The largest absolute Gasteiger partial charge is 0.495 e. The molecule has 7 nitrogen and oxygen atoms in total. The first kappa shape index (κ1) is 20.6. The van der Waals surface area contributed by atoms with Crippen molar-refractivity contribution in [3.8, 4) is 23.0 Å². The number of para-hydroxylation sites is 2. The fourth-order valence-corrected chi connectivity index (χ4v) is 4.75. The predicted octanol–water partition coefficient (Wildman–Crippen LogP) is 2.50. The molecule has 0 amide bonds. The van der Waals surface area contributed by atoms with Gasteiger partial charge in [0.1, 0.15) is 5.75 Å². The number of aliphatic hydroxyl groups excluding tert-OH is 1. The molecule has 2 aromatic carbocycles. The van der Waals surface area contributed by atoms with Crippen molar-refractivity contribution >= 4 is 5.69 Å². The highest BCUT2D eigenvalue weighted by molar-refractivity contribution is 5.62. The Hall–Kier alpha value is -2.64. The zero-order valence-electron chi connectivity index (χ0n) is 18.1. The molecule has 0 aromatic heterocycles. The molecular weight excluding hydrogens is 384 g/mol. The second kappa shape index (κ2) is 8.62. The highest BCUT2D eigenvalue weighted by Gasteiger charge is 2.40. The van der Waals surface area contributed by atoms with E-state index in [1.165, 1.54) is 0 Å². The number of hydrogen-bond donors (Lipinski definition) is 1. The molecular formula is C23H30N2O5. The van der Waals surface area contributed by atoms with Crippen molar-refractivity contribution in [1.82, 2.24) is 4.90 Å². The number of benzene rings is 2. The summed E-state index contributed by atoms with van der Waals surface area (Å²) in [4.78, 5) is 4.71. The number of fused-ring (bicyclic) bond motifs is 1. The fourth-order valence-electron chi connectivity index (χ4n) is 4.75. The van der Waals surface area contributed by atoms with Crippen LogP contribution in [0.4, 0.5) is 5.69 Å². The van der Waals surface area contributed by atoms with Gasteiger partial charge in [-0.1, -0.05) is 12.1 Å². The molecule has 1 saturated heterocycles. The van der Waals surface area contributed by atoms with E-state index in [9.17, 15) is 5.11 Å². The highest BCUT2D eigenvalue weighted by Crippen LogP contribution is 2.49. The van der Waals surface area contributed by atoms with Gasteiger partial charge in [-0.2, -0.15) is 0 Å². The maximum absolute atomic E-state index is 11.1. The number of nitrogens with zero attached hydrogens (tertiary/aromatic N) is 2. The van der Waals surface area contributed by atoms with Crippen LogP contribution in [0.5, 0.6) is 23.0 Å². The van der Waals surface area contributed by atoms with E-state index in [0.29, 0.717) is 23.7 Å². The summed E-state index contributed by atoms with van der Waals surface area (Å²) < 4.78 is 22.2. The minimum atomic E-state index is -0.591. The van der Waals surface area contributed by atoms with E-state index in [0.717, 1.165) is 48.7 Å². The van der Waals surface area contributed by atoms with Gasteiger partial charge in [0.2, 0.25) is 5.75 Å². The maximum atomic E-state index is 11.1. The third kappa shape index (κ3) is 3.42. The molecule has 1 aliphatic heterocycles. The number of rotatable bonds is 6. The first-order chi connectivity index (χ1) is 14.6. The zero-order chi connectivity index (χ0) is 21.3. The molecule has 2 aromatic rings. The topological polar surface area (TPSA) is 63.6 Å². The Morgan fingerprint density at radius 3 is 2.13 bits per heavy atom. The molecule has 1 heterocycles. The molecule has 4 rings (SSSR count). The van der Waals surface area contributed by atoms with E-state index in [1.807, 2.05) is 24.3 Å². The van der Waals surface area contributed by atoms with Crippen molar-refractivity contribution in [3.05, 3.63) is 41.5 Å². The average molecular weight is 415 g/mol. The molecule has 2 atom stereocenters. The summed E-state index contributed by atoms with van der Waals surface area (Å²) in [5, 5.41) is 11.1. The number of hydrogen-bond acceptors (Lipinski definition) is 7. The van der Waals surface area contributed by atoms with Crippen molar-refractivity contribution in [2.45, 2.75) is 18.6 Å². The summed E-state index contributed by atoms with van der Waals surface area (Å²) in [5.74, 6) is 2.70. The molecule has 30 heavy (non-hydrogen) atoms. The smallest absolute Gasteiger partial charge is 0.203 e. The molecule has 1 aliphatic carbocycles. The van der Waals surface area contributed by atoms with Gasteiger partial charge < -0.3 is 29.0 Å². The summed E-state index contributed by atoms with van der Waals surface area (Å²) in [6, 6.07) is 10.00. The standard InChI is InChI=1S/C23H30N2O5/c1-27-19-8-6-5-7-17(19)24-9-11-25(12-10-24)18-13-16-15(21(18)26)14-20(28-2)23(30-4)22(16)29-3/h5-8,14,18,21,26H,9-13H2,1-4H3. The van der Waals surface area contributed by atoms with Gasteiger partial charge in [0.25, 0.3) is 0 Å². The molecule has 0 spiro atoms. The molecule has 0 saturated carbocycles. The van der Waals surface area contributed by atoms with Gasteiger partial charge in [0.05, 0.1) is 40.2 Å². The molecule has 0 radical (unpaired) electrons. The average Bonchev–Trinajstić information content (AvgIpc) is 3.13. The molecule has 0 bridgehead atoms. The number of ether oxygens (including phenoxy) is 4.